The van der Waals surface area contributed by atoms with E-state index in [1.165, 1.54) is 30.4 Å². The minimum atomic E-state index is 1.09. The van der Waals surface area contributed by atoms with E-state index in [0.29, 0.717) is 0 Å². The molecule has 0 fully saturated rings. The standard InChI is InChI=1S/C13H24/c1-6-10-12(8-3)13(9-4)11(5)7-2/h5-10H2,1-4H3/b13-12+. The first-order chi connectivity index (χ1) is 6.21. The van der Waals surface area contributed by atoms with Crippen LogP contribution >= 0.6 is 0 Å². The van der Waals surface area contributed by atoms with Gasteiger partial charge in [0, 0.05) is 0 Å². The first-order valence-electron chi connectivity index (χ1n) is 5.60. The molecular weight excluding hydrogens is 156 g/mol. The SMILES string of the molecule is C=C(CC)/C(CC)=C(\CC)CCC. The van der Waals surface area contributed by atoms with E-state index in [9.17, 15) is 0 Å². The molecule has 0 aliphatic heterocycles. The molecule has 0 saturated carbocycles. The molecule has 0 rings (SSSR count). The van der Waals surface area contributed by atoms with Gasteiger partial charge in [-0.25, -0.2) is 0 Å². The minimum Gasteiger partial charge on any atom is -0.0956 e. The summed E-state index contributed by atoms with van der Waals surface area (Å²) in [7, 11) is 0. The lowest BCUT2D eigenvalue weighted by Crippen LogP contribution is -1.93. The average Bonchev–Trinajstić information content (AvgIpc) is 2.17. The molecular formula is C13H24. The Hall–Kier alpha value is -0.520. The van der Waals surface area contributed by atoms with Crippen LogP contribution in [0.5, 0.6) is 0 Å². The zero-order valence-electron chi connectivity index (χ0n) is 9.74. The molecule has 0 spiro atoms. The molecule has 0 aromatic heterocycles. The Morgan fingerprint density at radius 3 is 1.85 bits per heavy atom. The monoisotopic (exact) mass is 180 g/mol. The van der Waals surface area contributed by atoms with Gasteiger partial charge in [-0.3, -0.25) is 0 Å². The smallest absolute Gasteiger partial charge is 0.0305 e. The molecule has 0 N–H and O–H groups in total. The zero-order valence-corrected chi connectivity index (χ0v) is 9.74. The molecule has 0 unspecified atom stereocenters. The molecule has 0 heterocycles. The highest BCUT2D eigenvalue weighted by Crippen LogP contribution is 2.24. The maximum atomic E-state index is 4.14. The van der Waals surface area contributed by atoms with Gasteiger partial charge in [-0.05, 0) is 31.3 Å². The average molecular weight is 180 g/mol. The van der Waals surface area contributed by atoms with E-state index in [1.807, 2.05) is 0 Å². The molecule has 0 aliphatic carbocycles. The molecule has 0 aromatic carbocycles. The van der Waals surface area contributed by atoms with E-state index in [0.717, 1.165) is 12.8 Å². The van der Waals surface area contributed by atoms with Gasteiger partial charge in [0.25, 0.3) is 0 Å². The van der Waals surface area contributed by atoms with Gasteiger partial charge >= 0.3 is 0 Å². The Balaban J connectivity index is 4.70. The van der Waals surface area contributed by atoms with E-state index in [1.54, 1.807) is 5.57 Å². The quantitative estimate of drug-likeness (QED) is 0.512. The molecule has 76 valence electrons. The van der Waals surface area contributed by atoms with Gasteiger partial charge in [-0.1, -0.05) is 51.8 Å². The van der Waals surface area contributed by atoms with E-state index < -0.39 is 0 Å². The van der Waals surface area contributed by atoms with Crippen LogP contribution in [0, 0.1) is 0 Å². The van der Waals surface area contributed by atoms with E-state index in [-0.39, 0.29) is 0 Å². The fourth-order valence-corrected chi connectivity index (χ4v) is 1.81. The molecule has 0 amide bonds. The van der Waals surface area contributed by atoms with Gasteiger partial charge in [-0.15, -0.1) is 0 Å². The van der Waals surface area contributed by atoms with Crippen molar-refractivity contribution in [3.8, 4) is 0 Å². The maximum absolute atomic E-state index is 4.14. The summed E-state index contributed by atoms with van der Waals surface area (Å²) in [6, 6.07) is 0. The predicted octanol–water partition coefficient (Wildman–Crippen LogP) is 4.87. The van der Waals surface area contributed by atoms with Gasteiger partial charge in [0.05, 0.1) is 0 Å². The van der Waals surface area contributed by atoms with Gasteiger partial charge < -0.3 is 0 Å². The number of allylic oxidation sites excluding steroid dienone is 3. The Kier molecular flexibility index (Phi) is 6.66. The molecule has 0 nitrogen and oxygen atoms in total. The van der Waals surface area contributed by atoms with E-state index in [2.05, 4.69) is 34.3 Å². The number of hydrogen-bond acceptors (Lipinski definition) is 0. The lowest BCUT2D eigenvalue weighted by Gasteiger charge is -2.13. The Bertz CT molecular complexity index is 184. The van der Waals surface area contributed by atoms with Crippen LogP contribution in [0.4, 0.5) is 0 Å². The lowest BCUT2D eigenvalue weighted by molar-refractivity contribution is 0.825. The van der Waals surface area contributed by atoms with Crippen molar-refractivity contribution < 1.29 is 0 Å². The van der Waals surface area contributed by atoms with Crippen molar-refractivity contribution in [2.45, 2.75) is 59.8 Å². The van der Waals surface area contributed by atoms with Crippen LogP contribution in [0.2, 0.25) is 0 Å². The summed E-state index contributed by atoms with van der Waals surface area (Å²) < 4.78 is 0. The third kappa shape index (κ3) is 3.80. The molecule has 0 saturated heterocycles. The second kappa shape index (κ2) is 6.94. The molecule has 0 atom stereocenters. The van der Waals surface area contributed by atoms with Crippen LogP contribution in [-0.2, 0) is 0 Å². The van der Waals surface area contributed by atoms with E-state index in [4.69, 9.17) is 0 Å². The van der Waals surface area contributed by atoms with Crippen molar-refractivity contribution in [2.75, 3.05) is 0 Å². The van der Waals surface area contributed by atoms with Crippen molar-refractivity contribution in [1.29, 1.82) is 0 Å². The topological polar surface area (TPSA) is 0 Å². The second-order valence-electron chi connectivity index (χ2n) is 3.50. The summed E-state index contributed by atoms with van der Waals surface area (Å²) in [6.07, 6.45) is 5.94. The summed E-state index contributed by atoms with van der Waals surface area (Å²) in [6.45, 7) is 13.1. The molecule has 0 bridgehead atoms. The first kappa shape index (κ1) is 12.5. The fraction of sp³-hybridized carbons (Fsp3) is 0.692. The summed E-state index contributed by atoms with van der Waals surface area (Å²) in [5.74, 6) is 0. The Morgan fingerprint density at radius 2 is 1.54 bits per heavy atom. The normalized spacial score (nSPS) is 12.6. The first-order valence-corrected chi connectivity index (χ1v) is 5.60. The number of rotatable bonds is 6. The van der Waals surface area contributed by atoms with Crippen LogP contribution in [0.25, 0.3) is 0 Å². The van der Waals surface area contributed by atoms with Crippen LogP contribution < -0.4 is 0 Å². The molecule has 13 heavy (non-hydrogen) atoms. The van der Waals surface area contributed by atoms with Crippen LogP contribution in [0.3, 0.4) is 0 Å². The van der Waals surface area contributed by atoms with Crippen LogP contribution in [0.1, 0.15) is 59.8 Å². The second-order valence-corrected chi connectivity index (χ2v) is 3.50. The predicted molar refractivity (Wildman–Crippen MR) is 61.9 cm³/mol. The maximum Gasteiger partial charge on any atom is -0.0305 e. The largest absolute Gasteiger partial charge is 0.0956 e. The summed E-state index contributed by atoms with van der Waals surface area (Å²) in [5, 5.41) is 0. The summed E-state index contributed by atoms with van der Waals surface area (Å²) >= 11 is 0. The highest BCUT2D eigenvalue weighted by atomic mass is 14.1. The number of hydrogen-bond donors (Lipinski definition) is 0. The fourth-order valence-electron chi connectivity index (χ4n) is 1.81. The van der Waals surface area contributed by atoms with Crippen LogP contribution in [0.15, 0.2) is 23.3 Å². The van der Waals surface area contributed by atoms with Crippen molar-refractivity contribution in [1.82, 2.24) is 0 Å². The summed E-state index contributed by atoms with van der Waals surface area (Å²) in [4.78, 5) is 0. The highest BCUT2D eigenvalue weighted by molar-refractivity contribution is 5.32. The third-order valence-electron chi connectivity index (χ3n) is 2.61. The van der Waals surface area contributed by atoms with Crippen molar-refractivity contribution in [3.63, 3.8) is 0 Å². The van der Waals surface area contributed by atoms with Gasteiger partial charge in [-0.2, -0.15) is 0 Å². The van der Waals surface area contributed by atoms with E-state index >= 15 is 0 Å². The highest BCUT2D eigenvalue weighted by Gasteiger charge is 2.04. The Labute approximate surface area is 83.7 Å². The molecule has 0 radical (unpaired) electrons. The minimum absolute atomic E-state index is 1.09. The molecule has 0 aromatic rings. The summed E-state index contributed by atoms with van der Waals surface area (Å²) in [5.41, 5.74) is 4.50. The van der Waals surface area contributed by atoms with Gasteiger partial charge in [0.15, 0.2) is 0 Å². The van der Waals surface area contributed by atoms with Crippen molar-refractivity contribution >= 4 is 0 Å². The van der Waals surface area contributed by atoms with Gasteiger partial charge in [0.1, 0.15) is 0 Å². The Morgan fingerprint density at radius 1 is 0.923 bits per heavy atom. The molecule has 0 heteroatoms. The third-order valence-corrected chi connectivity index (χ3v) is 2.61. The van der Waals surface area contributed by atoms with Crippen molar-refractivity contribution in [2.24, 2.45) is 0 Å². The van der Waals surface area contributed by atoms with Crippen molar-refractivity contribution in [3.05, 3.63) is 23.3 Å². The lowest BCUT2D eigenvalue weighted by atomic mass is 9.93. The van der Waals surface area contributed by atoms with Crippen LogP contribution in [-0.4, -0.2) is 0 Å². The zero-order chi connectivity index (χ0) is 10.3. The molecule has 0 aliphatic rings. The van der Waals surface area contributed by atoms with Gasteiger partial charge in [0.2, 0.25) is 0 Å².